The SMILES string of the molecule is CCCCSc1nc2c(c(=O)n1-c1cccc(C)c1)C1(CCCCC1)Cc1ccccc1-2. The maximum Gasteiger partial charge on any atom is 0.263 e. The van der Waals surface area contributed by atoms with E-state index in [-0.39, 0.29) is 11.0 Å². The van der Waals surface area contributed by atoms with E-state index in [2.05, 4.69) is 56.3 Å². The van der Waals surface area contributed by atoms with Gasteiger partial charge in [-0.05, 0) is 55.9 Å². The van der Waals surface area contributed by atoms with Crippen LogP contribution in [0.5, 0.6) is 0 Å². The lowest BCUT2D eigenvalue weighted by atomic mass is 9.62. The fraction of sp³-hybridized carbons (Fsp3) is 0.429. The number of thioether (sulfide) groups is 1. The number of rotatable bonds is 5. The van der Waals surface area contributed by atoms with Crippen molar-refractivity contribution < 1.29 is 0 Å². The Morgan fingerprint density at radius 2 is 1.88 bits per heavy atom. The van der Waals surface area contributed by atoms with Gasteiger partial charge in [0, 0.05) is 16.7 Å². The molecule has 1 heterocycles. The van der Waals surface area contributed by atoms with Crippen molar-refractivity contribution in [1.82, 2.24) is 9.55 Å². The van der Waals surface area contributed by atoms with Gasteiger partial charge in [0.15, 0.2) is 5.16 Å². The van der Waals surface area contributed by atoms with Gasteiger partial charge in [0.25, 0.3) is 5.56 Å². The van der Waals surface area contributed by atoms with Gasteiger partial charge in [-0.15, -0.1) is 0 Å². The zero-order chi connectivity index (χ0) is 22.1. The van der Waals surface area contributed by atoms with Crippen LogP contribution in [0.15, 0.2) is 58.5 Å². The Bertz CT molecular complexity index is 1190. The maximum absolute atomic E-state index is 14.4. The van der Waals surface area contributed by atoms with Gasteiger partial charge >= 0.3 is 0 Å². The summed E-state index contributed by atoms with van der Waals surface area (Å²) < 4.78 is 1.91. The van der Waals surface area contributed by atoms with Crippen LogP contribution < -0.4 is 5.56 Å². The third-order valence-corrected chi connectivity index (χ3v) is 8.21. The van der Waals surface area contributed by atoms with E-state index < -0.39 is 0 Å². The molecule has 1 saturated carbocycles. The van der Waals surface area contributed by atoms with Gasteiger partial charge in [0.2, 0.25) is 0 Å². The van der Waals surface area contributed by atoms with Crippen molar-refractivity contribution in [2.24, 2.45) is 0 Å². The molecule has 2 aliphatic carbocycles. The second-order valence-corrected chi connectivity index (χ2v) is 10.5. The quantitative estimate of drug-likeness (QED) is 0.245. The summed E-state index contributed by atoms with van der Waals surface area (Å²) in [6.07, 6.45) is 9.04. The molecule has 4 heteroatoms. The molecule has 3 nitrogen and oxygen atoms in total. The molecule has 1 spiro atoms. The molecule has 1 aromatic heterocycles. The van der Waals surface area contributed by atoms with Crippen molar-refractivity contribution in [2.75, 3.05) is 5.75 Å². The first-order chi connectivity index (χ1) is 15.6. The Balaban J connectivity index is 1.79. The van der Waals surface area contributed by atoms with E-state index in [0.29, 0.717) is 0 Å². The fourth-order valence-electron chi connectivity index (χ4n) is 5.59. The number of unbranched alkanes of at least 4 members (excludes halogenated alkanes) is 1. The molecule has 0 saturated heterocycles. The van der Waals surface area contributed by atoms with Gasteiger partial charge in [-0.3, -0.25) is 9.36 Å². The van der Waals surface area contributed by atoms with Crippen molar-refractivity contribution in [3.8, 4) is 16.9 Å². The van der Waals surface area contributed by atoms with Gasteiger partial charge < -0.3 is 0 Å². The summed E-state index contributed by atoms with van der Waals surface area (Å²) >= 11 is 1.72. The molecule has 0 atom stereocenters. The Morgan fingerprint density at radius 3 is 2.66 bits per heavy atom. The highest BCUT2D eigenvalue weighted by Crippen LogP contribution is 2.49. The second kappa shape index (κ2) is 8.90. The van der Waals surface area contributed by atoms with Crippen LogP contribution in [0.25, 0.3) is 16.9 Å². The summed E-state index contributed by atoms with van der Waals surface area (Å²) in [6.45, 7) is 4.29. The molecular weight excluding hydrogens is 412 g/mol. The molecule has 0 N–H and O–H groups in total. The Kier molecular flexibility index (Phi) is 5.98. The molecule has 0 bridgehead atoms. The molecule has 166 valence electrons. The molecular formula is C28H32N2OS. The first-order valence-corrected chi connectivity index (χ1v) is 13.1. The second-order valence-electron chi connectivity index (χ2n) is 9.47. The Morgan fingerprint density at radius 1 is 1.06 bits per heavy atom. The molecule has 2 aromatic carbocycles. The highest BCUT2D eigenvalue weighted by molar-refractivity contribution is 7.99. The van der Waals surface area contributed by atoms with Crippen molar-refractivity contribution >= 4 is 11.8 Å². The lowest BCUT2D eigenvalue weighted by Crippen LogP contribution is -2.42. The molecule has 0 radical (unpaired) electrons. The predicted octanol–water partition coefficient (Wildman–Crippen LogP) is 6.86. The van der Waals surface area contributed by atoms with Crippen LogP contribution in [-0.4, -0.2) is 15.3 Å². The minimum atomic E-state index is -0.0792. The summed E-state index contributed by atoms with van der Waals surface area (Å²) in [5, 5.41) is 0.829. The highest BCUT2D eigenvalue weighted by atomic mass is 32.2. The zero-order valence-corrected chi connectivity index (χ0v) is 20.0. The average molecular weight is 445 g/mol. The highest BCUT2D eigenvalue weighted by Gasteiger charge is 2.43. The van der Waals surface area contributed by atoms with Crippen molar-refractivity contribution in [3.05, 3.63) is 75.6 Å². The minimum absolute atomic E-state index is 0.0792. The van der Waals surface area contributed by atoms with E-state index >= 15 is 0 Å². The Labute approximate surface area is 195 Å². The summed E-state index contributed by atoms with van der Waals surface area (Å²) in [4.78, 5) is 19.6. The number of aromatic nitrogens is 2. The van der Waals surface area contributed by atoms with Crippen LogP contribution >= 0.6 is 11.8 Å². The number of nitrogens with zero attached hydrogens (tertiary/aromatic N) is 2. The van der Waals surface area contributed by atoms with Crippen LogP contribution in [0.1, 0.15) is 68.6 Å². The molecule has 0 aliphatic heterocycles. The van der Waals surface area contributed by atoms with Crippen molar-refractivity contribution in [3.63, 3.8) is 0 Å². The molecule has 5 rings (SSSR count). The third-order valence-electron chi connectivity index (χ3n) is 7.18. The largest absolute Gasteiger partial charge is 0.268 e. The third kappa shape index (κ3) is 3.73. The molecule has 3 aromatic rings. The van der Waals surface area contributed by atoms with E-state index in [1.165, 1.54) is 24.8 Å². The molecule has 0 unspecified atom stereocenters. The molecule has 0 amide bonds. The zero-order valence-electron chi connectivity index (χ0n) is 19.2. The van der Waals surface area contributed by atoms with Crippen LogP contribution in [0.4, 0.5) is 0 Å². The van der Waals surface area contributed by atoms with Gasteiger partial charge in [0.1, 0.15) is 0 Å². The number of benzene rings is 2. The van der Waals surface area contributed by atoms with Crippen molar-refractivity contribution in [1.29, 1.82) is 0 Å². The van der Waals surface area contributed by atoms with Crippen molar-refractivity contribution in [2.45, 2.75) is 75.8 Å². The summed E-state index contributed by atoms with van der Waals surface area (Å²) in [5.74, 6) is 0.973. The summed E-state index contributed by atoms with van der Waals surface area (Å²) in [5.41, 5.74) is 6.60. The van der Waals surface area contributed by atoms with E-state index in [0.717, 1.165) is 71.1 Å². The lowest BCUT2D eigenvalue weighted by molar-refractivity contribution is 0.283. The first kappa shape index (κ1) is 21.5. The fourth-order valence-corrected chi connectivity index (χ4v) is 6.68. The van der Waals surface area contributed by atoms with Gasteiger partial charge in [-0.1, -0.05) is 80.8 Å². The van der Waals surface area contributed by atoms with E-state index in [1.807, 2.05) is 10.6 Å². The van der Waals surface area contributed by atoms with Gasteiger partial charge in [0.05, 0.1) is 16.9 Å². The van der Waals surface area contributed by atoms with E-state index in [1.54, 1.807) is 11.8 Å². The monoisotopic (exact) mass is 444 g/mol. The number of fused-ring (bicyclic) bond motifs is 4. The smallest absolute Gasteiger partial charge is 0.263 e. The van der Waals surface area contributed by atoms with Gasteiger partial charge in [-0.2, -0.15) is 0 Å². The van der Waals surface area contributed by atoms with Crippen LogP contribution in [0.3, 0.4) is 0 Å². The van der Waals surface area contributed by atoms with Crippen LogP contribution in [-0.2, 0) is 11.8 Å². The van der Waals surface area contributed by atoms with Crippen LogP contribution in [0.2, 0.25) is 0 Å². The molecule has 1 fully saturated rings. The number of hydrogen-bond acceptors (Lipinski definition) is 3. The standard InChI is InChI=1S/C28H32N2OS/c1-3-4-17-32-27-29-25-23-14-7-6-12-21(23)19-28(15-8-5-9-16-28)24(25)26(31)30(27)22-13-10-11-20(2)18-22/h6-7,10-14,18H,3-5,8-9,15-17,19H2,1-2H3. The van der Waals surface area contributed by atoms with E-state index in [9.17, 15) is 4.79 Å². The summed E-state index contributed by atoms with van der Waals surface area (Å²) in [7, 11) is 0. The van der Waals surface area contributed by atoms with Crippen LogP contribution in [0, 0.1) is 6.92 Å². The molecule has 32 heavy (non-hydrogen) atoms. The first-order valence-electron chi connectivity index (χ1n) is 12.1. The molecule has 2 aliphatic rings. The lowest BCUT2D eigenvalue weighted by Gasteiger charge is -2.42. The minimum Gasteiger partial charge on any atom is -0.268 e. The Hall–Kier alpha value is -2.33. The maximum atomic E-state index is 14.4. The summed E-state index contributed by atoms with van der Waals surface area (Å²) in [6, 6.07) is 16.9. The average Bonchev–Trinajstić information content (AvgIpc) is 2.80. The normalized spacial score (nSPS) is 16.6. The topological polar surface area (TPSA) is 34.9 Å². The number of hydrogen-bond donors (Lipinski definition) is 0. The van der Waals surface area contributed by atoms with Gasteiger partial charge in [-0.25, -0.2) is 4.98 Å². The van der Waals surface area contributed by atoms with E-state index in [4.69, 9.17) is 4.98 Å². The number of aryl methyl sites for hydroxylation is 1. The predicted molar refractivity (Wildman–Crippen MR) is 134 cm³/mol.